The van der Waals surface area contributed by atoms with E-state index in [-0.39, 0.29) is 5.97 Å². The molecule has 21 heavy (non-hydrogen) atoms. The minimum Gasteiger partial charge on any atom is -0.464 e. The quantitative estimate of drug-likeness (QED) is 0.840. The molecule has 1 N–H and O–H groups in total. The highest BCUT2D eigenvalue weighted by atomic mass is 35.5. The summed E-state index contributed by atoms with van der Waals surface area (Å²) in [4.78, 5) is 12.5. The first-order valence-corrected chi connectivity index (χ1v) is 7.21. The Hall–Kier alpha value is -2.00. The van der Waals surface area contributed by atoms with Crippen molar-refractivity contribution in [3.05, 3.63) is 65.2 Å². The predicted octanol–water partition coefficient (Wildman–Crippen LogP) is 4.23. The average Bonchev–Trinajstić information content (AvgIpc) is 2.50. The Bertz CT molecular complexity index is 615. The van der Waals surface area contributed by atoms with Crippen molar-refractivity contribution >= 4 is 23.3 Å². The second kappa shape index (κ2) is 6.64. The SMILES string of the molecule is CCOC(=O)C(C)(Nc1ccccc1Cl)c1ccccc1. The maximum atomic E-state index is 12.5. The van der Waals surface area contributed by atoms with Crippen LogP contribution in [0.5, 0.6) is 0 Å². The van der Waals surface area contributed by atoms with Crippen LogP contribution in [0.2, 0.25) is 5.02 Å². The summed E-state index contributed by atoms with van der Waals surface area (Å²) in [6, 6.07) is 16.8. The molecule has 3 nitrogen and oxygen atoms in total. The van der Waals surface area contributed by atoms with Gasteiger partial charge in [0.15, 0.2) is 5.54 Å². The van der Waals surface area contributed by atoms with Gasteiger partial charge in [-0.25, -0.2) is 4.79 Å². The molecule has 0 aliphatic carbocycles. The van der Waals surface area contributed by atoms with Crippen molar-refractivity contribution < 1.29 is 9.53 Å². The van der Waals surface area contributed by atoms with Gasteiger partial charge in [0.25, 0.3) is 0 Å². The standard InChI is InChI=1S/C17H18ClNO2/c1-3-21-16(20)17(2,13-9-5-4-6-10-13)19-15-12-8-7-11-14(15)18/h4-12,19H,3H2,1-2H3. The van der Waals surface area contributed by atoms with Crippen molar-refractivity contribution in [1.82, 2.24) is 0 Å². The van der Waals surface area contributed by atoms with Crippen molar-refractivity contribution in [2.75, 3.05) is 11.9 Å². The van der Waals surface area contributed by atoms with Crippen LogP contribution in [-0.4, -0.2) is 12.6 Å². The van der Waals surface area contributed by atoms with Crippen molar-refractivity contribution in [2.24, 2.45) is 0 Å². The third-order valence-electron chi connectivity index (χ3n) is 3.29. The van der Waals surface area contributed by atoms with E-state index in [0.717, 1.165) is 5.56 Å². The molecule has 2 rings (SSSR count). The van der Waals surface area contributed by atoms with Gasteiger partial charge in [-0.05, 0) is 31.5 Å². The largest absolute Gasteiger partial charge is 0.464 e. The molecule has 0 aliphatic heterocycles. The normalized spacial score (nSPS) is 13.3. The maximum Gasteiger partial charge on any atom is 0.336 e. The minimum atomic E-state index is -0.998. The summed E-state index contributed by atoms with van der Waals surface area (Å²) in [5.41, 5.74) is 0.518. The molecule has 1 unspecified atom stereocenters. The molecule has 4 heteroatoms. The molecule has 0 fully saturated rings. The molecular weight excluding hydrogens is 286 g/mol. The van der Waals surface area contributed by atoms with Gasteiger partial charge in [0.1, 0.15) is 0 Å². The molecule has 0 saturated carbocycles. The molecule has 0 radical (unpaired) electrons. The molecule has 0 heterocycles. The van der Waals surface area contributed by atoms with Crippen LogP contribution in [0, 0.1) is 0 Å². The molecule has 0 amide bonds. The number of carbonyl (C=O) groups excluding carboxylic acids is 1. The summed E-state index contributed by atoms with van der Waals surface area (Å²) >= 11 is 6.18. The molecular formula is C17H18ClNO2. The average molecular weight is 304 g/mol. The van der Waals surface area contributed by atoms with E-state index in [4.69, 9.17) is 16.3 Å². The van der Waals surface area contributed by atoms with Crippen molar-refractivity contribution in [3.63, 3.8) is 0 Å². The first-order valence-electron chi connectivity index (χ1n) is 6.83. The number of benzene rings is 2. The summed E-state index contributed by atoms with van der Waals surface area (Å²) in [7, 11) is 0. The van der Waals surface area contributed by atoms with Crippen LogP contribution in [0.3, 0.4) is 0 Å². The zero-order valence-corrected chi connectivity index (χ0v) is 12.9. The number of esters is 1. The molecule has 0 aromatic heterocycles. The second-order valence-corrected chi connectivity index (χ2v) is 5.22. The van der Waals surface area contributed by atoms with Gasteiger partial charge in [-0.3, -0.25) is 0 Å². The number of hydrogen-bond donors (Lipinski definition) is 1. The Labute approximate surface area is 129 Å². The molecule has 2 aromatic carbocycles. The molecule has 0 aliphatic rings. The van der Waals surface area contributed by atoms with Gasteiger partial charge in [-0.1, -0.05) is 54.1 Å². The summed E-state index contributed by atoms with van der Waals surface area (Å²) in [5.74, 6) is -0.337. The number of nitrogens with one attached hydrogen (secondary N) is 1. The Balaban J connectivity index is 2.42. The van der Waals surface area contributed by atoms with E-state index >= 15 is 0 Å². The summed E-state index contributed by atoms with van der Waals surface area (Å²) < 4.78 is 5.23. The Morgan fingerprint density at radius 2 is 1.76 bits per heavy atom. The van der Waals surface area contributed by atoms with Gasteiger partial charge in [-0.2, -0.15) is 0 Å². The van der Waals surface area contributed by atoms with Crippen LogP contribution < -0.4 is 5.32 Å². The second-order valence-electron chi connectivity index (χ2n) is 4.82. The van der Waals surface area contributed by atoms with E-state index in [2.05, 4.69) is 5.32 Å². The van der Waals surface area contributed by atoms with Gasteiger partial charge < -0.3 is 10.1 Å². The number of hydrogen-bond acceptors (Lipinski definition) is 3. The zero-order chi connectivity index (χ0) is 15.3. The first kappa shape index (κ1) is 15.4. The molecule has 0 bridgehead atoms. The van der Waals surface area contributed by atoms with E-state index < -0.39 is 5.54 Å². The highest BCUT2D eigenvalue weighted by molar-refractivity contribution is 6.33. The van der Waals surface area contributed by atoms with E-state index in [0.29, 0.717) is 17.3 Å². The summed E-state index contributed by atoms with van der Waals surface area (Å²) in [5, 5.41) is 3.78. The van der Waals surface area contributed by atoms with Gasteiger partial charge in [-0.15, -0.1) is 0 Å². The van der Waals surface area contributed by atoms with E-state index in [1.807, 2.05) is 48.5 Å². The number of para-hydroxylation sites is 1. The number of carbonyl (C=O) groups is 1. The monoisotopic (exact) mass is 303 g/mol. The summed E-state index contributed by atoms with van der Waals surface area (Å²) in [6.07, 6.45) is 0. The number of halogens is 1. The summed E-state index contributed by atoms with van der Waals surface area (Å²) in [6.45, 7) is 3.91. The number of anilines is 1. The number of ether oxygens (including phenoxy) is 1. The van der Waals surface area contributed by atoms with Crippen LogP contribution in [-0.2, 0) is 15.1 Å². The highest BCUT2D eigenvalue weighted by Crippen LogP contribution is 2.31. The molecule has 1 atom stereocenters. The Morgan fingerprint density at radius 3 is 2.38 bits per heavy atom. The van der Waals surface area contributed by atoms with Crippen LogP contribution in [0.25, 0.3) is 0 Å². The van der Waals surface area contributed by atoms with Gasteiger partial charge in [0.2, 0.25) is 0 Å². The van der Waals surface area contributed by atoms with Crippen molar-refractivity contribution in [3.8, 4) is 0 Å². The fraction of sp³-hybridized carbons (Fsp3) is 0.235. The molecule has 0 saturated heterocycles. The lowest BCUT2D eigenvalue weighted by Gasteiger charge is -2.30. The van der Waals surface area contributed by atoms with E-state index in [1.54, 1.807) is 19.9 Å². The molecule has 110 valence electrons. The van der Waals surface area contributed by atoms with Gasteiger partial charge in [0.05, 0.1) is 17.3 Å². The smallest absolute Gasteiger partial charge is 0.336 e. The van der Waals surface area contributed by atoms with Gasteiger partial charge >= 0.3 is 5.97 Å². The number of rotatable bonds is 5. The lowest BCUT2D eigenvalue weighted by molar-refractivity contribution is -0.148. The van der Waals surface area contributed by atoms with Crippen LogP contribution in [0.4, 0.5) is 5.69 Å². The zero-order valence-electron chi connectivity index (χ0n) is 12.1. The third-order valence-corrected chi connectivity index (χ3v) is 3.62. The first-order chi connectivity index (χ1) is 10.1. The van der Waals surface area contributed by atoms with E-state index in [9.17, 15) is 4.79 Å². The van der Waals surface area contributed by atoms with E-state index in [1.165, 1.54) is 0 Å². The maximum absolute atomic E-state index is 12.5. The highest BCUT2D eigenvalue weighted by Gasteiger charge is 2.37. The van der Waals surface area contributed by atoms with Crippen molar-refractivity contribution in [2.45, 2.75) is 19.4 Å². The van der Waals surface area contributed by atoms with Crippen molar-refractivity contribution in [1.29, 1.82) is 0 Å². The Morgan fingerprint density at radius 1 is 1.14 bits per heavy atom. The minimum absolute atomic E-state index is 0.325. The molecule has 2 aromatic rings. The van der Waals surface area contributed by atoms with Crippen LogP contribution in [0.1, 0.15) is 19.4 Å². The lowest BCUT2D eigenvalue weighted by Crippen LogP contribution is -2.42. The molecule has 0 spiro atoms. The van der Waals surface area contributed by atoms with Gasteiger partial charge in [0, 0.05) is 0 Å². The van der Waals surface area contributed by atoms with Crippen LogP contribution >= 0.6 is 11.6 Å². The van der Waals surface area contributed by atoms with Crippen LogP contribution in [0.15, 0.2) is 54.6 Å². The lowest BCUT2D eigenvalue weighted by atomic mass is 9.91. The topological polar surface area (TPSA) is 38.3 Å². The fourth-order valence-corrected chi connectivity index (χ4v) is 2.30. The Kier molecular flexibility index (Phi) is 4.86. The third kappa shape index (κ3) is 3.37. The fourth-order valence-electron chi connectivity index (χ4n) is 2.12. The predicted molar refractivity (Wildman–Crippen MR) is 85.5 cm³/mol.